The monoisotopic (exact) mass is 522 g/mol. The van der Waals surface area contributed by atoms with Gasteiger partial charge in [0.15, 0.2) is 0 Å². The first-order valence-corrected chi connectivity index (χ1v) is 13.0. The van der Waals surface area contributed by atoms with E-state index in [2.05, 4.69) is 24.1 Å². The molecule has 1 atom stereocenters. The predicted molar refractivity (Wildman–Crippen MR) is 142 cm³/mol. The molecule has 0 spiro atoms. The number of ether oxygens (including phenoxy) is 1. The fourth-order valence-corrected chi connectivity index (χ4v) is 4.82. The summed E-state index contributed by atoms with van der Waals surface area (Å²) in [5.41, 5.74) is 3.43. The summed E-state index contributed by atoms with van der Waals surface area (Å²) >= 11 is 0. The molecule has 202 valence electrons. The minimum absolute atomic E-state index is 0.143. The minimum Gasteiger partial charge on any atom is -0.463 e. The van der Waals surface area contributed by atoms with Crippen molar-refractivity contribution in [2.24, 2.45) is 0 Å². The van der Waals surface area contributed by atoms with Crippen LogP contribution in [0.2, 0.25) is 0 Å². The first kappa shape index (κ1) is 27.3. The van der Waals surface area contributed by atoms with E-state index in [1.807, 2.05) is 24.3 Å². The van der Waals surface area contributed by atoms with Gasteiger partial charge in [0.25, 0.3) is 5.91 Å². The molecule has 2 aliphatic rings. The maximum Gasteiger partial charge on any atom is 0.338 e. The van der Waals surface area contributed by atoms with Crippen molar-refractivity contribution < 1.29 is 23.5 Å². The van der Waals surface area contributed by atoms with Crippen molar-refractivity contribution in [1.82, 2.24) is 20.0 Å². The molecule has 38 heavy (non-hydrogen) atoms. The van der Waals surface area contributed by atoms with Crippen LogP contribution in [0, 0.1) is 5.82 Å². The Morgan fingerprint density at radius 3 is 2.24 bits per heavy atom. The number of halogens is 1. The number of benzene rings is 2. The average Bonchev–Trinajstić information content (AvgIpc) is 2.91. The molecule has 0 bridgehead atoms. The van der Waals surface area contributed by atoms with Crippen LogP contribution < -0.4 is 5.32 Å². The van der Waals surface area contributed by atoms with Crippen LogP contribution >= 0.6 is 0 Å². The van der Waals surface area contributed by atoms with Crippen molar-refractivity contribution >= 4 is 17.9 Å². The van der Waals surface area contributed by atoms with Crippen molar-refractivity contribution in [2.75, 3.05) is 46.4 Å². The van der Waals surface area contributed by atoms with Crippen molar-refractivity contribution in [2.45, 2.75) is 32.7 Å². The Morgan fingerprint density at radius 1 is 1.03 bits per heavy atom. The molecule has 0 unspecified atom stereocenters. The van der Waals surface area contributed by atoms with Gasteiger partial charge in [0.1, 0.15) is 5.82 Å². The van der Waals surface area contributed by atoms with Gasteiger partial charge >= 0.3 is 12.0 Å². The minimum atomic E-state index is -0.629. The zero-order valence-electron chi connectivity index (χ0n) is 22.4. The summed E-state index contributed by atoms with van der Waals surface area (Å²) in [7, 11) is 1.65. The van der Waals surface area contributed by atoms with E-state index in [-0.39, 0.29) is 24.4 Å². The summed E-state index contributed by atoms with van der Waals surface area (Å²) in [6, 6.07) is 12.5. The molecule has 0 radical (unpaired) electrons. The molecule has 2 aliphatic heterocycles. The van der Waals surface area contributed by atoms with Gasteiger partial charge in [-0.2, -0.15) is 0 Å². The van der Waals surface area contributed by atoms with Crippen molar-refractivity contribution in [3.05, 3.63) is 82.3 Å². The van der Waals surface area contributed by atoms with Crippen LogP contribution in [-0.4, -0.2) is 79.0 Å². The largest absolute Gasteiger partial charge is 0.463 e. The Kier molecular flexibility index (Phi) is 8.46. The molecule has 0 aromatic heterocycles. The third-order valence-corrected chi connectivity index (χ3v) is 7.13. The van der Waals surface area contributed by atoms with Crippen molar-refractivity contribution in [1.29, 1.82) is 0 Å². The van der Waals surface area contributed by atoms with Gasteiger partial charge in [0.2, 0.25) is 0 Å². The van der Waals surface area contributed by atoms with Crippen LogP contribution in [0.4, 0.5) is 9.18 Å². The number of hydrogen-bond donors (Lipinski definition) is 1. The number of amides is 3. The van der Waals surface area contributed by atoms with Crippen LogP contribution in [-0.2, 0) is 9.53 Å². The topological polar surface area (TPSA) is 82.2 Å². The first-order valence-electron chi connectivity index (χ1n) is 13.0. The molecule has 2 heterocycles. The normalized spacial score (nSPS) is 18.6. The van der Waals surface area contributed by atoms with Crippen LogP contribution in [0.15, 0.2) is 59.8 Å². The number of hydrogen-bond acceptors (Lipinski definition) is 5. The molecule has 2 aromatic carbocycles. The third-order valence-electron chi connectivity index (χ3n) is 7.13. The van der Waals surface area contributed by atoms with E-state index in [1.54, 1.807) is 18.9 Å². The molecular weight excluding hydrogens is 487 g/mol. The zero-order valence-corrected chi connectivity index (χ0v) is 22.4. The summed E-state index contributed by atoms with van der Waals surface area (Å²) in [4.78, 5) is 44.4. The Bertz CT molecular complexity index is 1200. The van der Waals surface area contributed by atoms with Crippen molar-refractivity contribution in [3.8, 4) is 0 Å². The molecule has 3 amide bonds. The molecule has 0 saturated carbocycles. The van der Waals surface area contributed by atoms with Gasteiger partial charge in [-0.1, -0.05) is 38.1 Å². The molecule has 2 aromatic rings. The summed E-state index contributed by atoms with van der Waals surface area (Å²) in [6.07, 6.45) is 0. The number of nitrogens with zero attached hydrogens (tertiary/aromatic N) is 3. The first-order chi connectivity index (χ1) is 18.2. The van der Waals surface area contributed by atoms with E-state index in [4.69, 9.17) is 4.74 Å². The summed E-state index contributed by atoms with van der Waals surface area (Å²) in [5.74, 6) is -0.625. The second-order valence-electron chi connectivity index (χ2n) is 9.92. The zero-order chi connectivity index (χ0) is 27.4. The van der Waals surface area contributed by atoms with Gasteiger partial charge in [-0.3, -0.25) is 14.6 Å². The number of nitrogens with one attached hydrogen (secondary N) is 1. The maximum absolute atomic E-state index is 13.2. The van der Waals surface area contributed by atoms with Crippen LogP contribution in [0.3, 0.4) is 0 Å². The Balaban J connectivity index is 1.56. The lowest BCUT2D eigenvalue weighted by molar-refractivity contribution is -0.139. The maximum atomic E-state index is 13.2. The van der Waals surface area contributed by atoms with E-state index >= 15 is 0 Å². The molecule has 1 N–H and O–H groups in total. The number of rotatable bonds is 7. The van der Waals surface area contributed by atoms with Gasteiger partial charge in [0, 0.05) is 51.0 Å². The lowest BCUT2D eigenvalue weighted by atomic mass is 9.92. The Morgan fingerprint density at radius 2 is 1.66 bits per heavy atom. The fourth-order valence-electron chi connectivity index (χ4n) is 4.82. The van der Waals surface area contributed by atoms with Crippen LogP contribution in [0.1, 0.15) is 54.2 Å². The van der Waals surface area contributed by atoms with E-state index < -0.39 is 12.0 Å². The number of urea groups is 1. The second kappa shape index (κ2) is 11.8. The SMILES string of the molecule is CCOC(=O)C1=C(CN2CCN(C(=O)c3ccc(F)cc3)CC2)N(C)C(=O)N[C@@H]1c1ccc(C(C)C)cc1. The van der Waals surface area contributed by atoms with Crippen LogP contribution in [0.25, 0.3) is 0 Å². The molecule has 1 saturated heterocycles. The summed E-state index contributed by atoms with van der Waals surface area (Å²) < 4.78 is 18.7. The summed E-state index contributed by atoms with van der Waals surface area (Å²) in [5, 5.41) is 2.96. The van der Waals surface area contributed by atoms with E-state index in [0.29, 0.717) is 55.5 Å². The number of likely N-dealkylation sites (N-methyl/N-ethyl adjacent to an activating group) is 1. The van der Waals surface area contributed by atoms with Gasteiger partial charge < -0.3 is 15.0 Å². The third kappa shape index (κ3) is 5.88. The molecule has 4 rings (SSSR count). The highest BCUT2D eigenvalue weighted by molar-refractivity contribution is 5.95. The van der Waals surface area contributed by atoms with Gasteiger partial charge in [-0.25, -0.2) is 14.0 Å². The number of carbonyl (C=O) groups excluding carboxylic acids is 3. The number of piperazine rings is 1. The lowest BCUT2D eigenvalue weighted by Gasteiger charge is -2.39. The average molecular weight is 523 g/mol. The number of esters is 1. The molecule has 0 aliphatic carbocycles. The van der Waals surface area contributed by atoms with Gasteiger partial charge in [-0.05, 0) is 48.2 Å². The Hall–Kier alpha value is -3.72. The quantitative estimate of drug-likeness (QED) is 0.558. The van der Waals surface area contributed by atoms with E-state index in [0.717, 1.165) is 5.56 Å². The number of carbonyl (C=O) groups is 3. The summed E-state index contributed by atoms with van der Waals surface area (Å²) in [6.45, 7) is 8.65. The van der Waals surface area contributed by atoms with E-state index in [1.165, 1.54) is 34.7 Å². The molecule has 8 nitrogen and oxygen atoms in total. The highest BCUT2D eigenvalue weighted by Crippen LogP contribution is 2.32. The van der Waals surface area contributed by atoms with Gasteiger partial charge in [0.05, 0.1) is 18.2 Å². The fraction of sp³-hybridized carbons (Fsp3) is 0.414. The lowest BCUT2D eigenvalue weighted by Crippen LogP contribution is -2.53. The highest BCUT2D eigenvalue weighted by atomic mass is 19.1. The van der Waals surface area contributed by atoms with Crippen LogP contribution in [0.5, 0.6) is 0 Å². The highest BCUT2D eigenvalue weighted by Gasteiger charge is 2.37. The predicted octanol–water partition coefficient (Wildman–Crippen LogP) is 3.92. The smallest absolute Gasteiger partial charge is 0.338 e. The van der Waals surface area contributed by atoms with Crippen molar-refractivity contribution in [3.63, 3.8) is 0 Å². The van der Waals surface area contributed by atoms with E-state index in [9.17, 15) is 18.8 Å². The molecular formula is C29H35FN4O4. The molecule has 9 heteroatoms. The standard InChI is InChI=1S/C29H35FN4O4/c1-5-38-28(36)25-24(32(4)29(37)31-26(25)21-8-6-20(7-9-21)19(2)3)18-33-14-16-34(17-15-33)27(35)22-10-12-23(30)13-11-22/h6-13,19,26H,5,14-18H2,1-4H3,(H,31,37)/t26-/m1/s1. The van der Waals surface area contributed by atoms with Gasteiger partial charge in [-0.15, -0.1) is 0 Å². The Labute approximate surface area is 223 Å². The second-order valence-corrected chi connectivity index (χ2v) is 9.92. The molecule has 1 fully saturated rings.